The largest absolute Gasteiger partial charge is 0.454 e. The molecule has 0 saturated carbocycles. The van der Waals surface area contributed by atoms with Crippen LogP contribution in [0.2, 0.25) is 0 Å². The van der Waals surface area contributed by atoms with Crippen LogP contribution in [0.5, 0.6) is 11.5 Å². The van der Waals surface area contributed by atoms with Crippen molar-refractivity contribution in [2.45, 2.75) is 45.2 Å². The molecule has 32 heavy (non-hydrogen) atoms. The maximum Gasteiger partial charge on any atom is 0.231 e. The number of rotatable bonds is 7. The Hall–Kier alpha value is -3.00. The summed E-state index contributed by atoms with van der Waals surface area (Å²) >= 11 is 1.39. The Morgan fingerprint density at radius 1 is 1.09 bits per heavy atom. The highest BCUT2D eigenvalue weighted by atomic mass is 32.2. The van der Waals surface area contributed by atoms with Gasteiger partial charge in [-0.15, -0.1) is 10.2 Å². The molecule has 1 N–H and O–H groups in total. The summed E-state index contributed by atoms with van der Waals surface area (Å²) in [5.74, 6) is 2.52. The number of amides is 1. The summed E-state index contributed by atoms with van der Waals surface area (Å²) < 4.78 is 12.9. The Kier molecular flexibility index (Phi) is 6.15. The van der Waals surface area contributed by atoms with Gasteiger partial charge < -0.3 is 14.8 Å². The molecular formula is C24H28N4O3S. The quantitative estimate of drug-likeness (QED) is 0.544. The zero-order chi connectivity index (χ0) is 22.9. The van der Waals surface area contributed by atoms with Gasteiger partial charge >= 0.3 is 0 Å². The molecule has 3 aromatic rings. The lowest BCUT2D eigenvalue weighted by molar-refractivity contribution is -0.118. The summed E-state index contributed by atoms with van der Waals surface area (Å²) in [6, 6.07) is 12.2. The van der Waals surface area contributed by atoms with Gasteiger partial charge in [0.15, 0.2) is 16.7 Å². The molecule has 1 amide bonds. The van der Waals surface area contributed by atoms with Gasteiger partial charge in [-0.05, 0) is 55.7 Å². The molecule has 8 heteroatoms. The number of nitrogens with one attached hydrogen (secondary N) is 1. The van der Waals surface area contributed by atoms with Gasteiger partial charge in [0.2, 0.25) is 12.7 Å². The summed E-state index contributed by atoms with van der Waals surface area (Å²) in [5, 5.41) is 12.3. The van der Waals surface area contributed by atoms with E-state index in [4.69, 9.17) is 9.47 Å². The van der Waals surface area contributed by atoms with E-state index in [1.165, 1.54) is 11.8 Å². The van der Waals surface area contributed by atoms with Crippen LogP contribution in [0.15, 0.2) is 41.6 Å². The van der Waals surface area contributed by atoms with Gasteiger partial charge in [0.25, 0.3) is 0 Å². The normalized spacial score (nSPS) is 12.8. The number of aryl methyl sites for hydroxylation is 3. The second kappa shape index (κ2) is 8.86. The summed E-state index contributed by atoms with van der Waals surface area (Å²) in [5.41, 5.74) is 4.17. The fourth-order valence-corrected chi connectivity index (χ4v) is 4.41. The Morgan fingerprint density at radius 2 is 1.88 bits per heavy atom. The van der Waals surface area contributed by atoms with E-state index < -0.39 is 0 Å². The fourth-order valence-electron chi connectivity index (χ4n) is 3.59. The van der Waals surface area contributed by atoms with Gasteiger partial charge in [-0.2, -0.15) is 0 Å². The average Bonchev–Trinajstić information content (AvgIpc) is 3.38. The van der Waals surface area contributed by atoms with Crippen molar-refractivity contribution in [2.24, 2.45) is 0 Å². The molecule has 0 spiro atoms. The topological polar surface area (TPSA) is 78.3 Å². The van der Waals surface area contributed by atoms with Crippen LogP contribution in [0.25, 0.3) is 5.69 Å². The van der Waals surface area contributed by atoms with Crippen molar-refractivity contribution in [1.29, 1.82) is 0 Å². The molecule has 2 heterocycles. The number of hydrogen-bond acceptors (Lipinski definition) is 6. The molecular weight excluding hydrogens is 424 g/mol. The minimum absolute atomic E-state index is 0.0445. The first-order valence-corrected chi connectivity index (χ1v) is 11.5. The number of fused-ring (bicyclic) bond motifs is 1. The molecule has 0 atom stereocenters. The lowest BCUT2D eigenvalue weighted by atomic mass is 9.84. The summed E-state index contributed by atoms with van der Waals surface area (Å²) in [4.78, 5) is 12.6. The van der Waals surface area contributed by atoms with Crippen molar-refractivity contribution in [2.75, 3.05) is 19.1 Å². The monoisotopic (exact) mass is 452 g/mol. The van der Waals surface area contributed by atoms with E-state index >= 15 is 0 Å². The number of aromatic nitrogens is 3. The molecule has 0 radical (unpaired) electrons. The zero-order valence-corrected chi connectivity index (χ0v) is 19.9. The number of carbonyl (C=O) groups excluding carboxylic acids is 1. The second-order valence-electron chi connectivity index (χ2n) is 8.67. The molecule has 1 aliphatic heterocycles. The number of hydrogen-bond donors (Lipinski definition) is 1. The van der Waals surface area contributed by atoms with Gasteiger partial charge in [0, 0.05) is 12.0 Å². The van der Waals surface area contributed by atoms with E-state index in [1.54, 1.807) is 0 Å². The Balaban J connectivity index is 1.39. The molecule has 1 aliphatic rings. The molecule has 0 bridgehead atoms. The average molecular weight is 453 g/mol. The van der Waals surface area contributed by atoms with Crippen molar-refractivity contribution in [3.8, 4) is 17.2 Å². The number of carbonyl (C=O) groups is 1. The van der Waals surface area contributed by atoms with Crippen LogP contribution < -0.4 is 14.8 Å². The lowest BCUT2D eigenvalue weighted by Gasteiger charge is -2.26. The number of thioether (sulfide) groups is 1. The highest BCUT2D eigenvalue weighted by Crippen LogP contribution is 2.36. The molecule has 0 unspecified atom stereocenters. The van der Waals surface area contributed by atoms with Crippen LogP contribution in [-0.4, -0.2) is 39.8 Å². The third-order valence-corrected chi connectivity index (χ3v) is 6.54. The van der Waals surface area contributed by atoms with Gasteiger partial charge in [-0.3, -0.25) is 9.36 Å². The minimum Gasteiger partial charge on any atom is -0.454 e. The van der Waals surface area contributed by atoms with Crippen LogP contribution >= 0.6 is 11.8 Å². The lowest BCUT2D eigenvalue weighted by Crippen LogP contribution is -2.37. The minimum atomic E-state index is -0.253. The molecule has 7 nitrogen and oxygen atoms in total. The fraction of sp³-hybridized carbons (Fsp3) is 0.375. The third kappa shape index (κ3) is 4.60. The van der Waals surface area contributed by atoms with Crippen molar-refractivity contribution < 1.29 is 14.3 Å². The van der Waals surface area contributed by atoms with Crippen molar-refractivity contribution in [3.63, 3.8) is 0 Å². The predicted octanol–water partition coefficient (Wildman–Crippen LogP) is 4.11. The first kappa shape index (κ1) is 22.2. The SMILES string of the molecule is Cc1ccc(C)c(-n2c(C)nnc2SCC(=O)NCC(C)(C)c2ccc3c(c2)OCO3)c1. The molecule has 4 rings (SSSR count). The van der Waals surface area contributed by atoms with Gasteiger partial charge in [0.05, 0.1) is 11.4 Å². The highest BCUT2D eigenvalue weighted by Gasteiger charge is 2.25. The molecule has 1 aromatic heterocycles. The first-order valence-electron chi connectivity index (χ1n) is 10.5. The van der Waals surface area contributed by atoms with Gasteiger partial charge in [0.1, 0.15) is 5.82 Å². The Labute approximate surface area is 192 Å². The number of nitrogens with zero attached hydrogens (tertiary/aromatic N) is 3. The summed E-state index contributed by atoms with van der Waals surface area (Å²) in [7, 11) is 0. The maximum absolute atomic E-state index is 12.6. The van der Waals surface area contributed by atoms with E-state index in [9.17, 15) is 4.79 Å². The smallest absolute Gasteiger partial charge is 0.231 e. The summed E-state index contributed by atoms with van der Waals surface area (Å²) in [6.45, 7) is 11.0. The third-order valence-electron chi connectivity index (χ3n) is 5.61. The van der Waals surface area contributed by atoms with Crippen LogP contribution in [0, 0.1) is 20.8 Å². The van der Waals surface area contributed by atoms with E-state index in [-0.39, 0.29) is 23.9 Å². The van der Waals surface area contributed by atoms with Gasteiger partial charge in [-0.1, -0.05) is 43.8 Å². The Bertz CT molecular complexity index is 1160. The van der Waals surface area contributed by atoms with E-state index in [0.717, 1.165) is 39.7 Å². The number of benzene rings is 2. The first-order chi connectivity index (χ1) is 15.2. The van der Waals surface area contributed by atoms with Crippen molar-refractivity contribution in [1.82, 2.24) is 20.1 Å². The van der Waals surface area contributed by atoms with Crippen LogP contribution in [0.3, 0.4) is 0 Å². The molecule has 0 saturated heterocycles. The summed E-state index contributed by atoms with van der Waals surface area (Å²) in [6.07, 6.45) is 0. The van der Waals surface area contributed by atoms with Crippen molar-refractivity contribution in [3.05, 3.63) is 58.9 Å². The van der Waals surface area contributed by atoms with Crippen LogP contribution in [-0.2, 0) is 10.2 Å². The molecule has 2 aromatic carbocycles. The zero-order valence-electron chi connectivity index (χ0n) is 19.1. The van der Waals surface area contributed by atoms with E-state index in [0.29, 0.717) is 11.7 Å². The van der Waals surface area contributed by atoms with Crippen LogP contribution in [0.4, 0.5) is 0 Å². The van der Waals surface area contributed by atoms with E-state index in [2.05, 4.69) is 61.4 Å². The molecule has 0 fully saturated rings. The van der Waals surface area contributed by atoms with Crippen molar-refractivity contribution >= 4 is 17.7 Å². The molecule has 168 valence electrons. The standard InChI is InChI=1S/C24H28N4O3S/c1-15-6-7-16(2)19(10-15)28-17(3)26-27-23(28)32-12-22(29)25-13-24(4,5)18-8-9-20-21(11-18)31-14-30-20/h6-11H,12-14H2,1-5H3,(H,25,29). The second-order valence-corrected chi connectivity index (χ2v) is 9.61. The number of ether oxygens (including phenoxy) is 2. The predicted molar refractivity (Wildman–Crippen MR) is 125 cm³/mol. The molecule has 0 aliphatic carbocycles. The Morgan fingerprint density at radius 3 is 2.69 bits per heavy atom. The maximum atomic E-state index is 12.6. The van der Waals surface area contributed by atoms with E-state index in [1.807, 2.05) is 29.7 Å². The highest BCUT2D eigenvalue weighted by molar-refractivity contribution is 7.99. The van der Waals surface area contributed by atoms with Crippen LogP contribution in [0.1, 0.15) is 36.4 Å². The van der Waals surface area contributed by atoms with Gasteiger partial charge in [-0.25, -0.2) is 0 Å².